The second-order valence-electron chi connectivity index (χ2n) is 4.26. The number of nitrogens with zero attached hydrogens (tertiary/aromatic N) is 1. The molecule has 1 heteroatoms. The second kappa shape index (κ2) is 3.65. The molecular weight excluding hydrogens is 182 g/mol. The van der Waals surface area contributed by atoms with Crippen LogP contribution in [0.5, 0.6) is 0 Å². The fourth-order valence-electron chi connectivity index (χ4n) is 2.15. The van der Waals surface area contributed by atoms with E-state index in [4.69, 9.17) is 4.98 Å². The average molecular weight is 199 g/mol. The Morgan fingerprint density at radius 3 is 2.40 bits per heavy atom. The monoisotopic (exact) mass is 199 g/mol. The highest BCUT2D eigenvalue weighted by Crippen LogP contribution is 2.21. The molecule has 1 aromatic carbocycles. The first-order valence-corrected chi connectivity index (χ1v) is 5.49. The molecule has 0 radical (unpaired) electrons. The SMILES string of the molecule is CCc1nc2c(C)cc(C)cc2cc1C. The number of fused-ring (bicyclic) bond motifs is 1. The molecule has 0 bridgehead atoms. The molecular formula is C14H17N. The summed E-state index contributed by atoms with van der Waals surface area (Å²) in [5, 5.41) is 1.27. The molecule has 0 N–H and O–H groups in total. The van der Waals surface area contributed by atoms with Crippen molar-refractivity contribution in [1.29, 1.82) is 0 Å². The number of aryl methyl sites for hydroxylation is 4. The van der Waals surface area contributed by atoms with Gasteiger partial charge in [0.1, 0.15) is 0 Å². The summed E-state index contributed by atoms with van der Waals surface area (Å²) in [5.41, 5.74) is 6.26. The van der Waals surface area contributed by atoms with Crippen molar-refractivity contribution in [2.24, 2.45) is 0 Å². The molecule has 0 atom stereocenters. The Kier molecular flexibility index (Phi) is 2.47. The maximum Gasteiger partial charge on any atom is 0.0734 e. The maximum atomic E-state index is 4.73. The largest absolute Gasteiger partial charge is 0.252 e. The van der Waals surface area contributed by atoms with E-state index < -0.39 is 0 Å². The summed E-state index contributed by atoms with van der Waals surface area (Å²) in [6.45, 7) is 8.57. The normalized spacial score (nSPS) is 10.9. The van der Waals surface area contributed by atoms with Crippen molar-refractivity contribution in [3.05, 3.63) is 40.6 Å². The third-order valence-corrected chi connectivity index (χ3v) is 2.88. The molecule has 0 unspecified atom stereocenters. The van der Waals surface area contributed by atoms with E-state index >= 15 is 0 Å². The molecule has 0 aliphatic heterocycles. The molecule has 2 aromatic rings. The first-order chi connectivity index (χ1) is 7.11. The summed E-state index contributed by atoms with van der Waals surface area (Å²) >= 11 is 0. The molecule has 0 saturated heterocycles. The van der Waals surface area contributed by atoms with Crippen LogP contribution >= 0.6 is 0 Å². The summed E-state index contributed by atoms with van der Waals surface area (Å²) in [6.07, 6.45) is 1.01. The molecule has 1 aromatic heterocycles. The van der Waals surface area contributed by atoms with Gasteiger partial charge < -0.3 is 0 Å². The van der Waals surface area contributed by atoms with Crippen molar-refractivity contribution in [2.75, 3.05) is 0 Å². The van der Waals surface area contributed by atoms with Gasteiger partial charge in [0.05, 0.1) is 5.52 Å². The van der Waals surface area contributed by atoms with Gasteiger partial charge in [-0.3, -0.25) is 4.98 Å². The average Bonchev–Trinajstić information content (AvgIpc) is 2.16. The standard InChI is InChI=1S/C14H17N/c1-5-13-10(3)8-12-7-9(2)6-11(4)14(12)15-13/h6-8H,5H2,1-4H3. The van der Waals surface area contributed by atoms with Gasteiger partial charge in [-0.25, -0.2) is 0 Å². The van der Waals surface area contributed by atoms with Gasteiger partial charge in [0.25, 0.3) is 0 Å². The zero-order chi connectivity index (χ0) is 11.0. The molecule has 15 heavy (non-hydrogen) atoms. The van der Waals surface area contributed by atoms with Crippen molar-refractivity contribution in [3.8, 4) is 0 Å². The molecule has 0 aliphatic carbocycles. The molecule has 0 aliphatic rings. The number of hydrogen-bond donors (Lipinski definition) is 0. The van der Waals surface area contributed by atoms with Gasteiger partial charge in [0.2, 0.25) is 0 Å². The van der Waals surface area contributed by atoms with Crippen molar-refractivity contribution in [2.45, 2.75) is 34.1 Å². The van der Waals surface area contributed by atoms with Gasteiger partial charge in [-0.2, -0.15) is 0 Å². The van der Waals surface area contributed by atoms with Crippen LogP contribution in [0, 0.1) is 20.8 Å². The predicted molar refractivity (Wildman–Crippen MR) is 65.3 cm³/mol. The van der Waals surface area contributed by atoms with Gasteiger partial charge in [-0.1, -0.05) is 18.6 Å². The van der Waals surface area contributed by atoms with Crippen LogP contribution in [-0.2, 0) is 6.42 Å². The van der Waals surface area contributed by atoms with Gasteiger partial charge >= 0.3 is 0 Å². The van der Waals surface area contributed by atoms with Crippen LogP contribution in [0.15, 0.2) is 18.2 Å². The third kappa shape index (κ3) is 1.74. The van der Waals surface area contributed by atoms with Crippen LogP contribution in [0.2, 0.25) is 0 Å². The minimum absolute atomic E-state index is 1.01. The van der Waals surface area contributed by atoms with Crippen LogP contribution in [0.25, 0.3) is 10.9 Å². The molecule has 1 nitrogen and oxygen atoms in total. The summed E-state index contributed by atoms with van der Waals surface area (Å²) in [4.78, 5) is 4.73. The van der Waals surface area contributed by atoms with E-state index in [-0.39, 0.29) is 0 Å². The smallest absolute Gasteiger partial charge is 0.0734 e. The quantitative estimate of drug-likeness (QED) is 0.682. The summed E-state index contributed by atoms with van der Waals surface area (Å²) in [5.74, 6) is 0. The van der Waals surface area contributed by atoms with E-state index in [9.17, 15) is 0 Å². The number of hydrogen-bond acceptors (Lipinski definition) is 1. The zero-order valence-electron chi connectivity index (χ0n) is 9.89. The number of rotatable bonds is 1. The summed E-state index contributed by atoms with van der Waals surface area (Å²) in [6, 6.07) is 6.66. The zero-order valence-corrected chi connectivity index (χ0v) is 9.89. The maximum absolute atomic E-state index is 4.73. The highest BCUT2D eigenvalue weighted by molar-refractivity contribution is 5.83. The van der Waals surface area contributed by atoms with E-state index in [1.807, 2.05) is 0 Å². The first-order valence-electron chi connectivity index (χ1n) is 5.49. The third-order valence-electron chi connectivity index (χ3n) is 2.88. The van der Waals surface area contributed by atoms with E-state index in [0.717, 1.165) is 11.9 Å². The first kappa shape index (κ1) is 10.2. The van der Waals surface area contributed by atoms with E-state index in [0.29, 0.717) is 0 Å². The van der Waals surface area contributed by atoms with Crippen LogP contribution < -0.4 is 0 Å². The van der Waals surface area contributed by atoms with Crippen LogP contribution in [0.3, 0.4) is 0 Å². The lowest BCUT2D eigenvalue weighted by Gasteiger charge is -2.08. The molecule has 1 heterocycles. The number of pyridine rings is 1. The molecule has 2 rings (SSSR count). The molecule has 0 fully saturated rings. The molecule has 78 valence electrons. The van der Waals surface area contributed by atoms with Gasteiger partial charge in [-0.05, 0) is 50.5 Å². The van der Waals surface area contributed by atoms with Crippen molar-refractivity contribution in [3.63, 3.8) is 0 Å². The Hall–Kier alpha value is -1.37. The number of benzene rings is 1. The molecule has 0 saturated carbocycles. The lowest BCUT2D eigenvalue weighted by Crippen LogP contribution is -1.95. The molecule has 0 amide bonds. The highest BCUT2D eigenvalue weighted by atomic mass is 14.7. The van der Waals surface area contributed by atoms with Crippen LogP contribution in [0.4, 0.5) is 0 Å². The van der Waals surface area contributed by atoms with Gasteiger partial charge in [0, 0.05) is 11.1 Å². The minimum Gasteiger partial charge on any atom is -0.252 e. The van der Waals surface area contributed by atoms with E-state index in [1.165, 1.54) is 27.8 Å². The second-order valence-corrected chi connectivity index (χ2v) is 4.26. The Morgan fingerprint density at radius 2 is 1.73 bits per heavy atom. The van der Waals surface area contributed by atoms with Gasteiger partial charge in [-0.15, -0.1) is 0 Å². The topological polar surface area (TPSA) is 12.9 Å². The van der Waals surface area contributed by atoms with E-state index in [2.05, 4.69) is 45.9 Å². The Morgan fingerprint density at radius 1 is 1.00 bits per heavy atom. The fourth-order valence-corrected chi connectivity index (χ4v) is 2.15. The van der Waals surface area contributed by atoms with Crippen molar-refractivity contribution in [1.82, 2.24) is 4.98 Å². The summed E-state index contributed by atoms with van der Waals surface area (Å²) < 4.78 is 0. The van der Waals surface area contributed by atoms with Crippen molar-refractivity contribution < 1.29 is 0 Å². The van der Waals surface area contributed by atoms with E-state index in [1.54, 1.807) is 0 Å². The van der Waals surface area contributed by atoms with Crippen molar-refractivity contribution >= 4 is 10.9 Å². The number of aromatic nitrogens is 1. The Balaban J connectivity index is 2.81. The summed E-state index contributed by atoms with van der Waals surface area (Å²) in [7, 11) is 0. The molecule has 0 spiro atoms. The fraction of sp³-hybridized carbons (Fsp3) is 0.357. The Bertz CT molecular complexity index is 512. The lowest BCUT2D eigenvalue weighted by atomic mass is 10.0. The lowest BCUT2D eigenvalue weighted by molar-refractivity contribution is 1.03. The minimum atomic E-state index is 1.01. The predicted octanol–water partition coefficient (Wildman–Crippen LogP) is 3.72. The Labute approximate surface area is 91.2 Å². The van der Waals surface area contributed by atoms with Gasteiger partial charge in [0.15, 0.2) is 0 Å². The highest BCUT2D eigenvalue weighted by Gasteiger charge is 2.04. The van der Waals surface area contributed by atoms with Crippen LogP contribution in [-0.4, -0.2) is 4.98 Å². The van der Waals surface area contributed by atoms with Crippen LogP contribution in [0.1, 0.15) is 29.3 Å².